The predicted molar refractivity (Wildman–Crippen MR) is 116 cm³/mol. The Kier molecular flexibility index (Phi) is 4.36. The van der Waals surface area contributed by atoms with E-state index in [1.54, 1.807) is 0 Å². The molecule has 0 N–H and O–H groups in total. The molecule has 1 aliphatic heterocycles. The smallest absolute Gasteiger partial charge is 0.231 e. The van der Waals surface area contributed by atoms with Crippen LogP contribution in [0.25, 0.3) is 22.6 Å². The van der Waals surface area contributed by atoms with E-state index in [-0.39, 0.29) is 6.79 Å². The second-order valence-corrected chi connectivity index (χ2v) is 7.78. The number of aromatic nitrogens is 1. The molecule has 0 amide bonds. The molecule has 0 atom stereocenters. The van der Waals surface area contributed by atoms with Crippen LogP contribution in [0.5, 0.6) is 11.5 Å². The third-order valence-corrected chi connectivity index (χ3v) is 5.60. The van der Waals surface area contributed by atoms with Crippen molar-refractivity contribution in [1.29, 1.82) is 0 Å². The minimum atomic E-state index is 0.244. The number of rotatable bonds is 3. The van der Waals surface area contributed by atoms with Crippen LogP contribution in [0.1, 0.15) is 16.7 Å². The maximum Gasteiger partial charge on any atom is 0.231 e. The maximum absolute atomic E-state index is 5.98. The summed E-state index contributed by atoms with van der Waals surface area (Å²) in [5, 5.41) is 0. The molecule has 6 heteroatoms. The quantitative estimate of drug-likeness (QED) is 0.342. The molecule has 4 aromatic rings. The summed E-state index contributed by atoms with van der Waals surface area (Å²) in [6, 6.07) is 15.8. The van der Waals surface area contributed by atoms with Crippen LogP contribution in [0.3, 0.4) is 0 Å². The van der Waals surface area contributed by atoms with Gasteiger partial charge in [0.25, 0.3) is 0 Å². The van der Waals surface area contributed by atoms with Gasteiger partial charge in [0.15, 0.2) is 17.1 Å². The zero-order chi connectivity index (χ0) is 20.0. The standard InChI is InChI=1S/C23H17BrN2O3/c1-13-6-7-20-19(8-13)26-23(29-20)16-4-3-5-18(14(16)2)25-11-15-9-21-22(10-17(15)24)28-12-27-21/h3-11H,12H2,1-2H3. The number of ether oxygens (including phenoxy) is 2. The number of hydrogen-bond acceptors (Lipinski definition) is 5. The number of halogens is 1. The summed E-state index contributed by atoms with van der Waals surface area (Å²) in [6.07, 6.45) is 1.81. The zero-order valence-corrected chi connectivity index (χ0v) is 17.5. The van der Waals surface area contributed by atoms with Crippen LogP contribution in [-0.2, 0) is 0 Å². The highest BCUT2D eigenvalue weighted by atomic mass is 79.9. The minimum Gasteiger partial charge on any atom is -0.454 e. The van der Waals surface area contributed by atoms with Crippen molar-refractivity contribution in [1.82, 2.24) is 4.98 Å². The van der Waals surface area contributed by atoms with Gasteiger partial charge in [-0.2, -0.15) is 0 Å². The van der Waals surface area contributed by atoms with Gasteiger partial charge >= 0.3 is 0 Å². The summed E-state index contributed by atoms with van der Waals surface area (Å²) in [6.45, 7) is 4.31. The Labute approximate surface area is 176 Å². The molecule has 0 saturated carbocycles. The van der Waals surface area contributed by atoms with Crippen molar-refractivity contribution in [3.05, 3.63) is 69.7 Å². The van der Waals surface area contributed by atoms with E-state index in [1.807, 2.05) is 68.6 Å². The van der Waals surface area contributed by atoms with Crippen molar-refractivity contribution >= 4 is 38.9 Å². The highest BCUT2D eigenvalue weighted by molar-refractivity contribution is 9.10. The predicted octanol–water partition coefficient (Wildman–Crippen LogP) is 6.35. The van der Waals surface area contributed by atoms with Crippen LogP contribution in [-0.4, -0.2) is 18.0 Å². The Morgan fingerprint density at radius 2 is 1.86 bits per heavy atom. The molecule has 1 aromatic heterocycles. The monoisotopic (exact) mass is 448 g/mol. The molecule has 0 bridgehead atoms. The molecule has 144 valence electrons. The summed E-state index contributed by atoms with van der Waals surface area (Å²) < 4.78 is 17.7. The van der Waals surface area contributed by atoms with Crippen LogP contribution >= 0.6 is 15.9 Å². The number of fused-ring (bicyclic) bond motifs is 2. The fourth-order valence-corrected chi connectivity index (χ4v) is 3.74. The average molecular weight is 449 g/mol. The zero-order valence-electron chi connectivity index (χ0n) is 15.9. The van der Waals surface area contributed by atoms with E-state index in [2.05, 4.69) is 20.9 Å². The highest BCUT2D eigenvalue weighted by Gasteiger charge is 2.16. The molecule has 5 rings (SSSR count). The number of nitrogens with zero attached hydrogens (tertiary/aromatic N) is 2. The number of hydrogen-bond donors (Lipinski definition) is 0. The van der Waals surface area contributed by atoms with Gasteiger partial charge in [0, 0.05) is 21.8 Å². The lowest BCUT2D eigenvalue weighted by Gasteiger charge is -2.06. The average Bonchev–Trinajstić information content (AvgIpc) is 3.32. The van der Waals surface area contributed by atoms with E-state index < -0.39 is 0 Å². The van der Waals surface area contributed by atoms with E-state index in [1.165, 1.54) is 0 Å². The van der Waals surface area contributed by atoms with Gasteiger partial charge in [-0.25, -0.2) is 4.98 Å². The highest BCUT2D eigenvalue weighted by Crippen LogP contribution is 2.37. The van der Waals surface area contributed by atoms with E-state index in [0.29, 0.717) is 5.89 Å². The van der Waals surface area contributed by atoms with E-state index in [4.69, 9.17) is 18.9 Å². The van der Waals surface area contributed by atoms with Crippen molar-refractivity contribution in [2.75, 3.05) is 6.79 Å². The second kappa shape index (κ2) is 7.04. The van der Waals surface area contributed by atoms with Crippen molar-refractivity contribution in [2.45, 2.75) is 13.8 Å². The Morgan fingerprint density at radius 1 is 1.03 bits per heavy atom. The minimum absolute atomic E-state index is 0.244. The SMILES string of the molecule is Cc1ccc2oc(-c3cccc(N=Cc4cc5c(cc4Br)OCO5)c3C)nc2c1. The molecule has 0 unspecified atom stereocenters. The molecule has 2 heterocycles. The topological polar surface area (TPSA) is 56.9 Å². The Balaban J connectivity index is 1.51. The van der Waals surface area contributed by atoms with Gasteiger partial charge in [0.05, 0.1) is 5.69 Å². The first-order chi connectivity index (χ1) is 14.1. The van der Waals surface area contributed by atoms with Crippen LogP contribution in [0.15, 0.2) is 62.4 Å². The van der Waals surface area contributed by atoms with E-state index in [0.717, 1.165) is 55.0 Å². The van der Waals surface area contributed by atoms with Crippen molar-refractivity contribution < 1.29 is 13.9 Å². The fraction of sp³-hybridized carbons (Fsp3) is 0.130. The second-order valence-electron chi connectivity index (χ2n) is 6.93. The first-order valence-electron chi connectivity index (χ1n) is 9.19. The molecule has 5 nitrogen and oxygen atoms in total. The molecule has 0 spiro atoms. The molecular formula is C23H17BrN2O3. The molecule has 0 fully saturated rings. The number of oxazole rings is 1. The molecule has 3 aromatic carbocycles. The van der Waals surface area contributed by atoms with Gasteiger partial charge < -0.3 is 13.9 Å². The lowest BCUT2D eigenvalue weighted by molar-refractivity contribution is 0.174. The Bertz CT molecular complexity index is 1280. The van der Waals surface area contributed by atoms with Gasteiger partial charge in [-0.05, 0) is 77.3 Å². The van der Waals surface area contributed by atoms with Crippen molar-refractivity contribution in [3.8, 4) is 23.0 Å². The summed E-state index contributed by atoms with van der Waals surface area (Å²) in [5.41, 5.74) is 6.49. The maximum atomic E-state index is 5.98. The number of benzene rings is 3. The van der Waals surface area contributed by atoms with Gasteiger partial charge in [-0.3, -0.25) is 4.99 Å². The third-order valence-electron chi connectivity index (χ3n) is 4.91. The van der Waals surface area contributed by atoms with Crippen molar-refractivity contribution in [3.63, 3.8) is 0 Å². The van der Waals surface area contributed by atoms with E-state index >= 15 is 0 Å². The van der Waals surface area contributed by atoms with Gasteiger partial charge in [0.1, 0.15) is 5.52 Å². The number of aliphatic imine (C=N–C) groups is 1. The molecule has 0 saturated heterocycles. The van der Waals surface area contributed by atoms with Gasteiger partial charge in [-0.15, -0.1) is 0 Å². The first-order valence-corrected chi connectivity index (χ1v) is 9.98. The third kappa shape index (κ3) is 3.29. The van der Waals surface area contributed by atoms with Crippen LogP contribution < -0.4 is 9.47 Å². The van der Waals surface area contributed by atoms with Gasteiger partial charge in [0.2, 0.25) is 12.7 Å². The molecular weight excluding hydrogens is 432 g/mol. The number of aryl methyl sites for hydroxylation is 1. The van der Waals surface area contributed by atoms with Crippen molar-refractivity contribution in [2.24, 2.45) is 4.99 Å². The summed E-state index contributed by atoms with van der Waals surface area (Å²) in [4.78, 5) is 9.36. The summed E-state index contributed by atoms with van der Waals surface area (Å²) >= 11 is 3.57. The molecule has 0 aliphatic carbocycles. The summed E-state index contributed by atoms with van der Waals surface area (Å²) in [5.74, 6) is 2.06. The van der Waals surface area contributed by atoms with Crippen LogP contribution in [0.4, 0.5) is 5.69 Å². The molecule has 1 aliphatic rings. The van der Waals surface area contributed by atoms with Crippen LogP contribution in [0.2, 0.25) is 0 Å². The van der Waals surface area contributed by atoms with Crippen LogP contribution in [0, 0.1) is 13.8 Å². The molecule has 0 radical (unpaired) electrons. The van der Waals surface area contributed by atoms with Gasteiger partial charge in [-0.1, -0.05) is 12.1 Å². The summed E-state index contributed by atoms with van der Waals surface area (Å²) in [7, 11) is 0. The largest absolute Gasteiger partial charge is 0.454 e. The Hall–Kier alpha value is -3.12. The lowest BCUT2D eigenvalue weighted by Crippen LogP contribution is -1.92. The fourth-order valence-electron chi connectivity index (χ4n) is 3.32. The molecule has 29 heavy (non-hydrogen) atoms. The lowest BCUT2D eigenvalue weighted by atomic mass is 10.1. The Morgan fingerprint density at radius 3 is 2.72 bits per heavy atom. The normalized spacial score (nSPS) is 12.9. The first kappa shape index (κ1) is 17.9. The van der Waals surface area contributed by atoms with E-state index in [9.17, 15) is 0 Å².